The first-order valence-electron chi connectivity index (χ1n) is 6.46. The summed E-state index contributed by atoms with van der Waals surface area (Å²) in [5.41, 5.74) is 0. The van der Waals surface area contributed by atoms with E-state index in [2.05, 4.69) is 10.0 Å². The quantitative estimate of drug-likeness (QED) is 0.832. The van der Waals surface area contributed by atoms with Crippen LogP contribution in [-0.2, 0) is 21.3 Å². The third-order valence-corrected chi connectivity index (χ3v) is 6.03. The highest BCUT2D eigenvalue weighted by molar-refractivity contribution is 7.91. The number of hydrogen-bond donors (Lipinski definition) is 2. The average Bonchev–Trinajstić information content (AvgIpc) is 2.88. The Labute approximate surface area is 118 Å². The van der Waals surface area contributed by atoms with Gasteiger partial charge in [-0.25, -0.2) is 13.1 Å². The lowest BCUT2D eigenvalue weighted by atomic mass is 10.1. The minimum atomic E-state index is -3.40. The molecule has 2 rings (SSSR count). The van der Waals surface area contributed by atoms with Gasteiger partial charge in [0.2, 0.25) is 10.0 Å². The lowest BCUT2D eigenvalue weighted by Gasteiger charge is -2.22. The largest absolute Gasteiger partial charge is 0.377 e. The highest BCUT2D eigenvalue weighted by atomic mass is 32.2. The van der Waals surface area contributed by atoms with Gasteiger partial charge < -0.3 is 10.1 Å². The van der Waals surface area contributed by atoms with Crippen molar-refractivity contribution in [3.05, 3.63) is 17.0 Å². The first-order valence-corrected chi connectivity index (χ1v) is 8.76. The fraction of sp³-hybridized carbons (Fsp3) is 0.667. The van der Waals surface area contributed by atoms with Crippen LogP contribution in [0.2, 0.25) is 0 Å². The molecule has 1 aromatic rings. The molecule has 1 aliphatic heterocycles. The van der Waals surface area contributed by atoms with Gasteiger partial charge in [-0.05, 0) is 38.4 Å². The highest BCUT2D eigenvalue weighted by Gasteiger charge is 2.20. The number of hydrogen-bond acceptors (Lipinski definition) is 5. The van der Waals surface area contributed by atoms with Crippen molar-refractivity contribution in [2.24, 2.45) is 0 Å². The fourth-order valence-electron chi connectivity index (χ4n) is 2.01. The van der Waals surface area contributed by atoms with Crippen molar-refractivity contribution >= 4 is 21.4 Å². The van der Waals surface area contributed by atoms with E-state index in [0.29, 0.717) is 17.3 Å². The molecular formula is C12H20N2O3S2. The normalized spacial score (nSPS) is 20.6. The van der Waals surface area contributed by atoms with Crippen molar-refractivity contribution < 1.29 is 13.2 Å². The Kier molecular flexibility index (Phi) is 5.35. The maximum Gasteiger partial charge on any atom is 0.250 e. The summed E-state index contributed by atoms with van der Waals surface area (Å²) in [5, 5.41) is 3.01. The lowest BCUT2D eigenvalue weighted by Crippen LogP contribution is -2.35. The second-order valence-corrected chi connectivity index (χ2v) is 7.75. The molecule has 1 unspecified atom stereocenters. The molecule has 0 bridgehead atoms. The summed E-state index contributed by atoms with van der Waals surface area (Å²) in [6, 6.07) is 3.49. The van der Waals surface area contributed by atoms with E-state index in [1.165, 1.54) is 11.3 Å². The van der Waals surface area contributed by atoms with E-state index < -0.39 is 10.0 Å². The number of sulfonamides is 1. The topological polar surface area (TPSA) is 67.4 Å². The highest BCUT2D eigenvalue weighted by Crippen LogP contribution is 2.21. The predicted molar refractivity (Wildman–Crippen MR) is 75.9 cm³/mol. The Morgan fingerprint density at radius 3 is 2.95 bits per heavy atom. The smallest absolute Gasteiger partial charge is 0.250 e. The van der Waals surface area contributed by atoms with Gasteiger partial charge >= 0.3 is 0 Å². The molecule has 1 aromatic heterocycles. The molecule has 0 aromatic carbocycles. The average molecular weight is 304 g/mol. The predicted octanol–water partition coefficient (Wildman–Crippen LogP) is 1.31. The second-order valence-electron chi connectivity index (χ2n) is 4.59. The number of nitrogens with one attached hydrogen (secondary N) is 2. The van der Waals surface area contributed by atoms with Crippen LogP contribution >= 0.6 is 11.3 Å². The van der Waals surface area contributed by atoms with Crippen LogP contribution in [0.25, 0.3) is 0 Å². The van der Waals surface area contributed by atoms with Crippen molar-refractivity contribution in [1.82, 2.24) is 10.0 Å². The van der Waals surface area contributed by atoms with E-state index in [9.17, 15) is 8.42 Å². The van der Waals surface area contributed by atoms with Gasteiger partial charge in [0, 0.05) is 24.6 Å². The summed E-state index contributed by atoms with van der Waals surface area (Å²) < 4.78 is 32.8. The van der Waals surface area contributed by atoms with Gasteiger partial charge in [-0.3, -0.25) is 0 Å². The Morgan fingerprint density at radius 1 is 1.42 bits per heavy atom. The summed E-state index contributed by atoms with van der Waals surface area (Å²) in [4.78, 5) is 1.01. The van der Waals surface area contributed by atoms with Crippen molar-refractivity contribution in [1.29, 1.82) is 0 Å². The van der Waals surface area contributed by atoms with Crippen molar-refractivity contribution in [3.63, 3.8) is 0 Å². The molecular weight excluding hydrogens is 284 g/mol. The molecule has 0 saturated carbocycles. The van der Waals surface area contributed by atoms with Gasteiger partial charge in [0.25, 0.3) is 0 Å². The first kappa shape index (κ1) is 14.9. The number of ether oxygens (including phenoxy) is 1. The van der Waals surface area contributed by atoms with Crippen molar-refractivity contribution in [2.75, 3.05) is 20.2 Å². The van der Waals surface area contributed by atoms with Gasteiger partial charge in [0.05, 0.1) is 6.10 Å². The minimum absolute atomic E-state index is 0.0141. The van der Waals surface area contributed by atoms with E-state index in [4.69, 9.17) is 4.74 Å². The standard InChI is InChI=1S/C12H20N2O3S2/c1-13-9-11-5-6-12(18-11)19(15,16)14-8-10-4-2-3-7-17-10/h5-6,10,13-14H,2-4,7-9H2,1H3. The molecule has 1 aliphatic rings. The summed E-state index contributed by atoms with van der Waals surface area (Å²) >= 11 is 1.30. The van der Waals surface area contributed by atoms with Crippen molar-refractivity contribution in [3.8, 4) is 0 Å². The zero-order valence-electron chi connectivity index (χ0n) is 11.0. The summed E-state index contributed by atoms with van der Waals surface area (Å²) in [6.07, 6.45) is 3.12. The molecule has 2 heterocycles. The monoisotopic (exact) mass is 304 g/mol. The molecule has 1 fully saturated rings. The number of rotatable bonds is 6. The van der Waals surface area contributed by atoms with Gasteiger partial charge in [-0.2, -0.15) is 0 Å². The fourth-order valence-corrected chi connectivity index (χ4v) is 4.49. The Hall–Kier alpha value is -0.470. The van der Waals surface area contributed by atoms with E-state index >= 15 is 0 Å². The molecule has 1 saturated heterocycles. The molecule has 7 heteroatoms. The first-order chi connectivity index (χ1) is 9.12. The van der Waals surface area contributed by atoms with Gasteiger partial charge in [0.1, 0.15) is 4.21 Å². The third kappa shape index (κ3) is 4.25. The molecule has 2 N–H and O–H groups in total. The van der Waals surface area contributed by atoms with Crippen LogP contribution in [0.4, 0.5) is 0 Å². The molecule has 5 nitrogen and oxygen atoms in total. The zero-order chi connectivity index (χ0) is 13.7. The number of thiophene rings is 1. The van der Waals surface area contributed by atoms with Gasteiger partial charge in [-0.15, -0.1) is 11.3 Å². The summed E-state index contributed by atoms with van der Waals surface area (Å²) in [5.74, 6) is 0. The Bertz CT molecular complexity index is 493. The molecule has 19 heavy (non-hydrogen) atoms. The maximum atomic E-state index is 12.1. The molecule has 0 radical (unpaired) electrons. The van der Waals surface area contributed by atoms with E-state index in [1.54, 1.807) is 6.07 Å². The van der Waals surface area contributed by atoms with E-state index in [-0.39, 0.29) is 6.10 Å². The van der Waals surface area contributed by atoms with Crippen LogP contribution in [0, 0.1) is 0 Å². The molecule has 1 atom stereocenters. The maximum absolute atomic E-state index is 12.1. The molecule has 0 spiro atoms. The van der Waals surface area contributed by atoms with Crippen LogP contribution in [0.15, 0.2) is 16.3 Å². The second kappa shape index (κ2) is 6.81. The van der Waals surface area contributed by atoms with Crippen LogP contribution in [0.5, 0.6) is 0 Å². The van der Waals surface area contributed by atoms with E-state index in [0.717, 1.165) is 30.7 Å². The van der Waals surface area contributed by atoms with Crippen LogP contribution in [0.3, 0.4) is 0 Å². The van der Waals surface area contributed by atoms with Crippen LogP contribution in [0.1, 0.15) is 24.1 Å². The molecule has 0 amide bonds. The van der Waals surface area contributed by atoms with Crippen LogP contribution < -0.4 is 10.0 Å². The molecule has 108 valence electrons. The zero-order valence-corrected chi connectivity index (χ0v) is 12.6. The third-order valence-electron chi connectivity index (χ3n) is 3.03. The summed E-state index contributed by atoms with van der Waals surface area (Å²) in [7, 11) is -1.56. The van der Waals surface area contributed by atoms with Crippen LogP contribution in [-0.4, -0.2) is 34.7 Å². The Balaban J connectivity index is 1.92. The van der Waals surface area contributed by atoms with E-state index in [1.807, 2.05) is 13.1 Å². The molecule has 0 aliphatic carbocycles. The summed E-state index contributed by atoms with van der Waals surface area (Å²) in [6.45, 7) is 1.78. The van der Waals surface area contributed by atoms with Gasteiger partial charge in [-0.1, -0.05) is 0 Å². The lowest BCUT2D eigenvalue weighted by molar-refractivity contribution is 0.0200. The van der Waals surface area contributed by atoms with Crippen molar-refractivity contribution in [2.45, 2.75) is 36.1 Å². The van der Waals surface area contributed by atoms with Gasteiger partial charge in [0.15, 0.2) is 0 Å². The minimum Gasteiger partial charge on any atom is -0.377 e. The Morgan fingerprint density at radius 2 is 2.26 bits per heavy atom. The SMILES string of the molecule is CNCc1ccc(S(=O)(=O)NCC2CCCCO2)s1.